The summed E-state index contributed by atoms with van der Waals surface area (Å²) in [5.41, 5.74) is -0.0823. The van der Waals surface area contributed by atoms with E-state index in [9.17, 15) is 14.3 Å². The van der Waals surface area contributed by atoms with Crippen LogP contribution in [0.1, 0.15) is 30.1 Å². The lowest BCUT2D eigenvalue weighted by Crippen LogP contribution is -2.42. The summed E-state index contributed by atoms with van der Waals surface area (Å²) in [6.07, 6.45) is 1.55. The second kappa shape index (κ2) is 12.9. The number of rotatable bonds is 9. The smallest absolute Gasteiger partial charge is 0.254 e. The van der Waals surface area contributed by atoms with E-state index in [0.717, 1.165) is 6.42 Å². The predicted octanol–water partition coefficient (Wildman–Crippen LogP) is 1.52. The molecular weight excluding hydrogens is 478 g/mol. The Labute approximate surface area is 182 Å². The molecule has 0 saturated carbocycles. The van der Waals surface area contributed by atoms with Crippen LogP contribution in [0.25, 0.3) is 0 Å². The molecule has 4 N–H and O–H groups in total. The van der Waals surface area contributed by atoms with Gasteiger partial charge in [0.25, 0.3) is 5.91 Å². The summed E-state index contributed by atoms with van der Waals surface area (Å²) in [4.78, 5) is 16.6. The maximum absolute atomic E-state index is 13.6. The van der Waals surface area contributed by atoms with Crippen LogP contribution in [0.3, 0.4) is 0 Å². The summed E-state index contributed by atoms with van der Waals surface area (Å²) in [5, 5.41) is 18.3. The van der Waals surface area contributed by atoms with Crippen LogP contribution in [0, 0.1) is 11.2 Å². The molecule has 1 aromatic carbocycles. The van der Waals surface area contributed by atoms with E-state index in [2.05, 4.69) is 20.9 Å². The van der Waals surface area contributed by atoms with Gasteiger partial charge in [-0.05, 0) is 31.9 Å². The van der Waals surface area contributed by atoms with E-state index in [1.165, 1.54) is 12.1 Å². The summed E-state index contributed by atoms with van der Waals surface area (Å²) in [6, 6.07) is 5.89. The van der Waals surface area contributed by atoms with E-state index < -0.39 is 11.7 Å². The third-order valence-corrected chi connectivity index (χ3v) is 4.57. The van der Waals surface area contributed by atoms with E-state index in [4.69, 9.17) is 4.74 Å². The topological polar surface area (TPSA) is 95.0 Å². The molecule has 0 aliphatic carbocycles. The summed E-state index contributed by atoms with van der Waals surface area (Å²) in [5.74, 6) is -0.338. The molecule has 1 aromatic rings. The Balaban J connectivity index is 0.00000392. The molecule has 1 saturated heterocycles. The van der Waals surface area contributed by atoms with Crippen molar-refractivity contribution in [2.45, 2.75) is 19.8 Å². The molecule has 9 heteroatoms. The lowest BCUT2D eigenvalue weighted by atomic mass is 9.84. The lowest BCUT2D eigenvalue weighted by Gasteiger charge is -2.24. The molecule has 28 heavy (non-hydrogen) atoms. The first-order valence-electron chi connectivity index (χ1n) is 9.34. The van der Waals surface area contributed by atoms with E-state index in [1.54, 1.807) is 12.1 Å². The average Bonchev–Trinajstić information content (AvgIpc) is 3.12. The maximum Gasteiger partial charge on any atom is 0.254 e. The summed E-state index contributed by atoms with van der Waals surface area (Å²) in [6.45, 7) is 5.44. The van der Waals surface area contributed by atoms with Crippen molar-refractivity contribution in [3.8, 4) is 0 Å². The van der Waals surface area contributed by atoms with Crippen molar-refractivity contribution in [1.29, 1.82) is 0 Å². The van der Waals surface area contributed by atoms with Gasteiger partial charge in [-0.3, -0.25) is 9.79 Å². The predicted molar refractivity (Wildman–Crippen MR) is 118 cm³/mol. The number of carbonyl (C=O) groups is 1. The number of nitrogens with one attached hydrogen (secondary N) is 3. The van der Waals surface area contributed by atoms with Crippen LogP contribution in [-0.2, 0) is 4.74 Å². The van der Waals surface area contributed by atoms with Crippen LogP contribution in [0.2, 0.25) is 0 Å². The Morgan fingerprint density at radius 1 is 1.29 bits per heavy atom. The molecular formula is C19H30FIN4O3. The molecule has 1 aliphatic heterocycles. The molecule has 0 spiro atoms. The van der Waals surface area contributed by atoms with Gasteiger partial charge in [0.15, 0.2) is 5.96 Å². The fourth-order valence-electron chi connectivity index (χ4n) is 2.97. The van der Waals surface area contributed by atoms with Crippen LogP contribution in [0.5, 0.6) is 0 Å². The molecule has 1 aliphatic rings. The summed E-state index contributed by atoms with van der Waals surface area (Å²) in [7, 11) is 0. The van der Waals surface area contributed by atoms with Crippen molar-refractivity contribution in [1.82, 2.24) is 16.0 Å². The quantitative estimate of drug-likeness (QED) is 0.176. The zero-order chi connectivity index (χ0) is 19.5. The summed E-state index contributed by atoms with van der Waals surface area (Å²) < 4.78 is 19.1. The van der Waals surface area contributed by atoms with E-state index in [0.29, 0.717) is 51.8 Å². The van der Waals surface area contributed by atoms with Crippen molar-refractivity contribution in [2.75, 3.05) is 46.0 Å². The number of aliphatic hydroxyl groups is 1. The standard InChI is InChI=1S/C19H29FN4O3.HI/c1-2-21-18(24-13-19(7-11-25)8-12-27-14-19)23-10-9-22-17(26)15-5-3-4-6-16(15)20;/h3-6,25H,2,7-14H2,1H3,(H,22,26)(H2,21,23,24);1H. The number of halogens is 2. The molecule has 7 nitrogen and oxygen atoms in total. The number of hydrogen-bond donors (Lipinski definition) is 4. The van der Waals surface area contributed by atoms with Gasteiger partial charge in [0.05, 0.1) is 18.7 Å². The van der Waals surface area contributed by atoms with Gasteiger partial charge < -0.3 is 25.8 Å². The lowest BCUT2D eigenvalue weighted by molar-refractivity contribution is 0.0950. The van der Waals surface area contributed by atoms with Crippen LogP contribution >= 0.6 is 24.0 Å². The van der Waals surface area contributed by atoms with Gasteiger partial charge >= 0.3 is 0 Å². The second-order valence-corrected chi connectivity index (χ2v) is 6.63. The Kier molecular flexibility index (Phi) is 11.3. The third-order valence-electron chi connectivity index (χ3n) is 4.57. The highest BCUT2D eigenvalue weighted by Crippen LogP contribution is 2.32. The van der Waals surface area contributed by atoms with Gasteiger partial charge in [-0.15, -0.1) is 24.0 Å². The molecule has 1 atom stereocenters. The Hall–Kier alpha value is -1.46. The first kappa shape index (κ1) is 24.6. The van der Waals surface area contributed by atoms with Crippen molar-refractivity contribution in [3.05, 3.63) is 35.6 Å². The molecule has 0 bridgehead atoms. The number of aliphatic imine (C=N–C) groups is 1. The zero-order valence-corrected chi connectivity index (χ0v) is 18.5. The number of benzene rings is 1. The van der Waals surface area contributed by atoms with Gasteiger partial charge in [0.1, 0.15) is 5.82 Å². The zero-order valence-electron chi connectivity index (χ0n) is 16.2. The van der Waals surface area contributed by atoms with Crippen molar-refractivity contribution < 1.29 is 19.0 Å². The Morgan fingerprint density at radius 2 is 2.04 bits per heavy atom. The number of amides is 1. The van der Waals surface area contributed by atoms with Gasteiger partial charge in [0.2, 0.25) is 0 Å². The normalized spacial score (nSPS) is 19.0. The fraction of sp³-hybridized carbons (Fsp3) is 0.579. The van der Waals surface area contributed by atoms with Crippen LogP contribution < -0.4 is 16.0 Å². The minimum Gasteiger partial charge on any atom is -0.396 e. The highest BCUT2D eigenvalue weighted by molar-refractivity contribution is 14.0. The molecule has 1 fully saturated rings. The van der Waals surface area contributed by atoms with Crippen molar-refractivity contribution in [3.63, 3.8) is 0 Å². The Morgan fingerprint density at radius 3 is 2.68 bits per heavy atom. The molecule has 1 unspecified atom stereocenters. The van der Waals surface area contributed by atoms with Crippen LogP contribution in [-0.4, -0.2) is 63.0 Å². The molecule has 0 aromatic heterocycles. The molecule has 1 heterocycles. The first-order chi connectivity index (χ1) is 13.1. The number of nitrogens with zero attached hydrogens (tertiary/aromatic N) is 1. The number of carbonyl (C=O) groups excluding carboxylic acids is 1. The van der Waals surface area contributed by atoms with Gasteiger partial charge in [0, 0.05) is 38.3 Å². The number of hydrogen-bond acceptors (Lipinski definition) is 4. The molecule has 2 rings (SSSR count). The molecule has 1 amide bonds. The van der Waals surface area contributed by atoms with Gasteiger partial charge in [-0.1, -0.05) is 12.1 Å². The van der Waals surface area contributed by atoms with E-state index in [1.807, 2.05) is 6.92 Å². The average molecular weight is 508 g/mol. The highest BCUT2D eigenvalue weighted by atomic mass is 127. The van der Waals surface area contributed by atoms with E-state index in [-0.39, 0.29) is 41.6 Å². The Bertz CT molecular complexity index is 639. The summed E-state index contributed by atoms with van der Waals surface area (Å²) >= 11 is 0. The second-order valence-electron chi connectivity index (χ2n) is 6.63. The molecule has 158 valence electrons. The van der Waals surface area contributed by atoms with Crippen molar-refractivity contribution >= 4 is 35.8 Å². The largest absolute Gasteiger partial charge is 0.396 e. The maximum atomic E-state index is 13.6. The monoisotopic (exact) mass is 508 g/mol. The number of aliphatic hydroxyl groups excluding tert-OH is 1. The first-order valence-corrected chi connectivity index (χ1v) is 9.34. The molecule has 0 radical (unpaired) electrons. The van der Waals surface area contributed by atoms with Crippen molar-refractivity contribution in [2.24, 2.45) is 10.4 Å². The third kappa shape index (κ3) is 7.51. The van der Waals surface area contributed by atoms with E-state index >= 15 is 0 Å². The van der Waals surface area contributed by atoms with Gasteiger partial charge in [-0.25, -0.2) is 4.39 Å². The fourth-order valence-corrected chi connectivity index (χ4v) is 2.97. The highest BCUT2D eigenvalue weighted by Gasteiger charge is 2.34. The minimum absolute atomic E-state index is 0. The minimum atomic E-state index is -0.536. The van der Waals surface area contributed by atoms with Crippen LogP contribution in [0.15, 0.2) is 29.3 Å². The SMILES string of the molecule is CCNC(=NCC1(CCO)CCOC1)NCCNC(=O)c1ccccc1F.I. The number of guanidine groups is 1. The van der Waals surface area contributed by atoms with Crippen LogP contribution in [0.4, 0.5) is 4.39 Å². The number of ether oxygens (including phenoxy) is 1. The van der Waals surface area contributed by atoms with Gasteiger partial charge in [-0.2, -0.15) is 0 Å².